The van der Waals surface area contributed by atoms with Gasteiger partial charge in [-0.3, -0.25) is 4.72 Å². The first-order valence-electron chi connectivity index (χ1n) is 10.2. The minimum atomic E-state index is -3.98. The van der Waals surface area contributed by atoms with Gasteiger partial charge >= 0.3 is 0 Å². The van der Waals surface area contributed by atoms with Crippen molar-refractivity contribution in [1.29, 1.82) is 0 Å². The molecule has 0 saturated heterocycles. The smallest absolute Gasteiger partial charge is 0.279 e. The SMILES string of the molecule is COc1ccc(C2CC(c3ccc(NS(C)(=O)=O)cc3)=NN2S(=O)(=O)c2ccc(Cl)cc2)cc1. The molecule has 3 aromatic rings. The molecule has 0 spiro atoms. The Labute approximate surface area is 203 Å². The second kappa shape index (κ2) is 9.28. The third-order valence-electron chi connectivity index (χ3n) is 5.25. The molecule has 0 bridgehead atoms. The largest absolute Gasteiger partial charge is 0.497 e. The zero-order valence-electron chi connectivity index (χ0n) is 18.3. The quantitative estimate of drug-likeness (QED) is 0.502. The lowest BCUT2D eigenvalue weighted by molar-refractivity contribution is 0.370. The van der Waals surface area contributed by atoms with Gasteiger partial charge in [-0.05, 0) is 59.7 Å². The van der Waals surface area contributed by atoms with Crippen LogP contribution in [0.4, 0.5) is 5.69 Å². The molecule has 34 heavy (non-hydrogen) atoms. The lowest BCUT2D eigenvalue weighted by Gasteiger charge is -2.23. The molecule has 3 aromatic carbocycles. The van der Waals surface area contributed by atoms with E-state index in [1.54, 1.807) is 43.5 Å². The molecular weight excluding hydrogens is 498 g/mol. The van der Waals surface area contributed by atoms with Crippen LogP contribution >= 0.6 is 11.6 Å². The summed E-state index contributed by atoms with van der Waals surface area (Å²) in [6.07, 6.45) is 1.40. The zero-order valence-corrected chi connectivity index (χ0v) is 20.7. The van der Waals surface area contributed by atoms with Gasteiger partial charge in [0.15, 0.2) is 0 Å². The van der Waals surface area contributed by atoms with Crippen molar-refractivity contribution in [3.05, 3.63) is 88.9 Å². The van der Waals surface area contributed by atoms with Crippen LogP contribution in [0.15, 0.2) is 82.8 Å². The number of rotatable bonds is 7. The first-order valence-corrected chi connectivity index (χ1v) is 13.9. The van der Waals surface area contributed by atoms with E-state index in [-0.39, 0.29) is 4.90 Å². The number of hydrazone groups is 1. The summed E-state index contributed by atoms with van der Waals surface area (Å²) in [4.78, 5) is 0.0770. The predicted molar refractivity (Wildman–Crippen MR) is 132 cm³/mol. The molecule has 4 rings (SSSR count). The van der Waals surface area contributed by atoms with Crippen molar-refractivity contribution < 1.29 is 21.6 Å². The highest BCUT2D eigenvalue weighted by molar-refractivity contribution is 7.92. The summed E-state index contributed by atoms with van der Waals surface area (Å²) in [5.74, 6) is 0.656. The summed E-state index contributed by atoms with van der Waals surface area (Å²) in [5, 5.41) is 4.92. The zero-order chi connectivity index (χ0) is 24.5. The molecule has 0 aromatic heterocycles. The number of benzene rings is 3. The number of sulfonamides is 2. The van der Waals surface area contributed by atoms with E-state index in [2.05, 4.69) is 9.82 Å². The Kier molecular flexibility index (Phi) is 6.57. The second-order valence-electron chi connectivity index (χ2n) is 7.72. The molecule has 1 N–H and O–H groups in total. The molecule has 0 aliphatic carbocycles. The lowest BCUT2D eigenvalue weighted by atomic mass is 9.99. The highest BCUT2D eigenvalue weighted by Gasteiger charge is 2.37. The van der Waals surface area contributed by atoms with Gasteiger partial charge in [0.05, 0.1) is 30.0 Å². The van der Waals surface area contributed by atoms with Gasteiger partial charge in [0.2, 0.25) is 10.0 Å². The van der Waals surface area contributed by atoms with Crippen LogP contribution in [0.25, 0.3) is 0 Å². The Hall–Kier alpha value is -3.08. The van der Waals surface area contributed by atoms with Crippen molar-refractivity contribution in [3.63, 3.8) is 0 Å². The highest BCUT2D eigenvalue weighted by atomic mass is 35.5. The minimum Gasteiger partial charge on any atom is -0.497 e. The van der Waals surface area contributed by atoms with Gasteiger partial charge in [-0.2, -0.15) is 17.9 Å². The maximum Gasteiger partial charge on any atom is 0.279 e. The summed E-state index contributed by atoms with van der Waals surface area (Å²) in [5.41, 5.74) is 2.41. The number of nitrogens with one attached hydrogen (secondary N) is 1. The van der Waals surface area contributed by atoms with Gasteiger partial charge in [0.25, 0.3) is 10.0 Å². The first-order chi connectivity index (χ1) is 16.1. The van der Waals surface area contributed by atoms with Crippen LogP contribution in [-0.2, 0) is 20.0 Å². The summed E-state index contributed by atoms with van der Waals surface area (Å²) in [7, 11) is -5.83. The Morgan fingerprint density at radius 3 is 2.12 bits per heavy atom. The summed E-state index contributed by atoms with van der Waals surface area (Å²) in [6.45, 7) is 0. The van der Waals surface area contributed by atoms with Crippen LogP contribution < -0.4 is 9.46 Å². The van der Waals surface area contributed by atoms with Gasteiger partial charge in [-0.15, -0.1) is 0 Å². The summed E-state index contributed by atoms with van der Waals surface area (Å²) >= 11 is 5.94. The molecule has 178 valence electrons. The number of ether oxygens (including phenoxy) is 1. The van der Waals surface area contributed by atoms with Crippen molar-refractivity contribution >= 4 is 43.0 Å². The molecule has 0 amide bonds. The van der Waals surface area contributed by atoms with Crippen molar-refractivity contribution in [1.82, 2.24) is 4.41 Å². The van der Waals surface area contributed by atoms with Crippen molar-refractivity contribution in [2.75, 3.05) is 18.1 Å². The van der Waals surface area contributed by atoms with E-state index in [1.807, 2.05) is 12.1 Å². The van der Waals surface area contributed by atoms with E-state index in [4.69, 9.17) is 16.3 Å². The highest BCUT2D eigenvalue weighted by Crippen LogP contribution is 2.38. The molecule has 1 aliphatic rings. The standard InChI is InChI=1S/C23H22ClN3O5S2/c1-32-20-11-5-17(6-12-20)23-15-22(16-3-9-19(10-4-16)26-33(2,28)29)25-27(23)34(30,31)21-13-7-18(24)8-14-21/h3-14,23,26H,15H2,1-2H3. The molecular formula is C23H22ClN3O5S2. The van der Waals surface area contributed by atoms with E-state index in [9.17, 15) is 16.8 Å². The molecule has 11 heteroatoms. The van der Waals surface area contributed by atoms with Gasteiger partial charge in [0, 0.05) is 17.1 Å². The van der Waals surface area contributed by atoms with Gasteiger partial charge in [-0.1, -0.05) is 35.9 Å². The fourth-order valence-electron chi connectivity index (χ4n) is 3.62. The van der Waals surface area contributed by atoms with Crippen molar-refractivity contribution in [2.45, 2.75) is 17.4 Å². The molecule has 0 radical (unpaired) electrons. The molecule has 8 nitrogen and oxygen atoms in total. The van der Waals surface area contributed by atoms with Crippen molar-refractivity contribution in [2.24, 2.45) is 5.10 Å². The van der Waals surface area contributed by atoms with Gasteiger partial charge in [0.1, 0.15) is 5.75 Å². The topological polar surface area (TPSA) is 105 Å². The second-order valence-corrected chi connectivity index (χ2v) is 11.7. The number of hydrogen-bond donors (Lipinski definition) is 1. The number of methoxy groups -OCH3 is 1. The third-order valence-corrected chi connectivity index (χ3v) is 7.81. The molecule has 0 saturated carbocycles. The molecule has 1 heterocycles. The Morgan fingerprint density at radius 2 is 1.56 bits per heavy atom. The Balaban J connectivity index is 1.73. The maximum atomic E-state index is 13.5. The van der Waals surface area contributed by atoms with Crippen LogP contribution in [0, 0.1) is 0 Å². The fraction of sp³-hybridized carbons (Fsp3) is 0.174. The van der Waals surface area contributed by atoms with Gasteiger partial charge in [-0.25, -0.2) is 8.42 Å². The molecule has 0 fully saturated rings. The summed E-state index contributed by atoms with van der Waals surface area (Å²) < 4.78 is 58.7. The van der Waals surface area contributed by atoms with E-state index in [0.717, 1.165) is 16.2 Å². The van der Waals surface area contributed by atoms with Crippen LogP contribution in [0.3, 0.4) is 0 Å². The lowest BCUT2D eigenvalue weighted by Crippen LogP contribution is -2.27. The first kappa shape index (κ1) is 24.1. The van der Waals surface area contributed by atoms with E-state index < -0.39 is 26.1 Å². The van der Waals surface area contributed by atoms with Gasteiger partial charge < -0.3 is 4.74 Å². The average molecular weight is 520 g/mol. The molecule has 1 aliphatic heterocycles. The van der Waals surface area contributed by atoms with E-state index in [1.165, 1.54) is 24.3 Å². The maximum absolute atomic E-state index is 13.5. The number of nitrogens with zero attached hydrogens (tertiary/aromatic N) is 2. The average Bonchev–Trinajstić information content (AvgIpc) is 3.25. The normalized spacial score (nSPS) is 16.3. The van der Waals surface area contributed by atoms with Crippen LogP contribution in [-0.4, -0.2) is 40.3 Å². The Morgan fingerprint density at radius 1 is 0.941 bits per heavy atom. The predicted octanol–water partition coefficient (Wildman–Crippen LogP) is 4.26. The number of hydrogen-bond acceptors (Lipinski definition) is 6. The molecule has 1 atom stereocenters. The fourth-order valence-corrected chi connectivity index (χ4v) is 5.74. The summed E-state index contributed by atoms with van der Waals surface area (Å²) in [6, 6.07) is 19.1. The van der Waals surface area contributed by atoms with Crippen LogP contribution in [0.1, 0.15) is 23.6 Å². The minimum absolute atomic E-state index is 0.0770. The number of anilines is 1. The monoisotopic (exact) mass is 519 g/mol. The Bertz CT molecular complexity index is 1420. The van der Waals surface area contributed by atoms with Crippen LogP contribution in [0.5, 0.6) is 5.75 Å². The van der Waals surface area contributed by atoms with E-state index in [0.29, 0.717) is 34.2 Å². The third kappa shape index (κ3) is 5.19. The van der Waals surface area contributed by atoms with Crippen molar-refractivity contribution in [3.8, 4) is 5.75 Å². The molecule has 1 unspecified atom stereocenters. The van der Waals surface area contributed by atoms with E-state index >= 15 is 0 Å². The number of halogens is 1. The van der Waals surface area contributed by atoms with Crippen LogP contribution in [0.2, 0.25) is 5.02 Å².